The van der Waals surface area contributed by atoms with Crippen molar-refractivity contribution in [1.29, 1.82) is 0 Å². The number of aromatic nitrogens is 2. The molecular formula is C20H19N3O2. The summed E-state index contributed by atoms with van der Waals surface area (Å²) in [5.41, 5.74) is 1.85. The van der Waals surface area contributed by atoms with E-state index in [0.717, 1.165) is 18.8 Å². The Labute approximate surface area is 146 Å². The number of hydrogen-bond donors (Lipinski definition) is 0. The van der Waals surface area contributed by atoms with Gasteiger partial charge in [0.15, 0.2) is 0 Å². The standard InChI is InChI=1S/C20H19N3O2/c1-15-19-3-2-12-22(19)13-14-23(15)20(24)16-4-6-17(7-5-16)25-18-8-10-21-11-9-18/h2-12,15H,13-14H2,1H3/t15-/m0/s1. The van der Waals surface area contributed by atoms with Crippen molar-refractivity contribution in [2.75, 3.05) is 6.54 Å². The van der Waals surface area contributed by atoms with E-state index in [1.165, 1.54) is 5.69 Å². The minimum Gasteiger partial charge on any atom is -0.457 e. The summed E-state index contributed by atoms with van der Waals surface area (Å²) in [5.74, 6) is 1.47. The van der Waals surface area contributed by atoms with Gasteiger partial charge in [-0.2, -0.15) is 0 Å². The van der Waals surface area contributed by atoms with Crippen molar-refractivity contribution in [2.45, 2.75) is 19.5 Å². The van der Waals surface area contributed by atoms with E-state index in [9.17, 15) is 4.79 Å². The lowest BCUT2D eigenvalue weighted by Crippen LogP contribution is -2.40. The molecular weight excluding hydrogens is 314 g/mol. The molecule has 2 aromatic heterocycles. The van der Waals surface area contributed by atoms with Crippen molar-refractivity contribution in [3.8, 4) is 11.5 Å². The number of pyridine rings is 1. The molecule has 3 heterocycles. The average Bonchev–Trinajstić information content (AvgIpc) is 3.13. The molecule has 0 fully saturated rings. The Kier molecular flexibility index (Phi) is 3.98. The van der Waals surface area contributed by atoms with E-state index >= 15 is 0 Å². The lowest BCUT2D eigenvalue weighted by atomic mass is 10.1. The second-order valence-electron chi connectivity index (χ2n) is 6.11. The predicted octanol–water partition coefficient (Wildman–Crippen LogP) is 3.89. The van der Waals surface area contributed by atoms with Gasteiger partial charge in [-0.15, -0.1) is 0 Å². The van der Waals surface area contributed by atoms with Gasteiger partial charge in [0.1, 0.15) is 11.5 Å². The number of carbonyl (C=O) groups is 1. The van der Waals surface area contributed by atoms with Crippen LogP contribution in [0.3, 0.4) is 0 Å². The molecule has 1 aromatic carbocycles. The number of benzene rings is 1. The number of rotatable bonds is 3. The molecule has 126 valence electrons. The molecule has 0 saturated carbocycles. The van der Waals surface area contributed by atoms with Crippen LogP contribution in [-0.2, 0) is 6.54 Å². The Hall–Kier alpha value is -3.08. The summed E-state index contributed by atoms with van der Waals surface area (Å²) in [6.07, 6.45) is 5.43. The Balaban J connectivity index is 1.49. The van der Waals surface area contributed by atoms with Crippen molar-refractivity contribution >= 4 is 5.91 Å². The Morgan fingerprint density at radius 3 is 2.52 bits per heavy atom. The highest BCUT2D eigenvalue weighted by Gasteiger charge is 2.27. The van der Waals surface area contributed by atoms with Crippen LogP contribution in [0.5, 0.6) is 11.5 Å². The maximum Gasteiger partial charge on any atom is 0.254 e. The largest absolute Gasteiger partial charge is 0.457 e. The minimum absolute atomic E-state index is 0.0513. The Morgan fingerprint density at radius 1 is 1.04 bits per heavy atom. The molecule has 0 bridgehead atoms. The van der Waals surface area contributed by atoms with Gasteiger partial charge in [-0.3, -0.25) is 9.78 Å². The molecule has 1 aliphatic heterocycles. The van der Waals surface area contributed by atoms with Crippen molar-refractivity contribution < 1.29 is 9.53 Å². The molecule has 1 atom stereocenters. The quantitative estimate of drug-likeness (QED) is 0.730. The minimum atomic E-state index is 0.0513. The molecule has 5 heteroatoms. The normalized spacial score (nSPS) is 16.4. The van der Waals surface area contributed by atoms with Crippen LogP contribution < -0.4 is 4.74 Å². The molecule has 0 N–H and O–H groups in total. The summed E-state index contributed by atoms with van der Waals surface area (Å²) in [4.78, 5) is 18.8. The van der Waals surface area contributed by atoms with Crippen LogP contribution in [0.2, 0.25) is 0 Å². The van der Waals surface area contributed by atoms with Crippen molar-refractivity contribution in [2.24, 2.45) is 0 Å². The fraction of sp³-hybridized carbons (Fsp3) is 0.200. The first-order valence-electron chi connectivity index (χ1n) is 8.36. The van der Waals surface area contributed by atoms with E-state index in [0.29, 0.717) is 11.3 Å². The molecule has 5 nitrogen and oxygen atoms in total. The summed E-state index contributed by atoms with van der Waals surface area (Å²) in [6, 6.07) is 15.1. The molecule has 3 aromatic rings. The summed E-state index contributed by atoms with van der Waals surface area (Å²) < 4.78 is 7.96. The van der Waals surface area contributed by atoms with E-state index in [-0.39, 0.29) is 11.9 Å². The highest BCUT2D eigenvalue weighted by molar-refractivity contribution is 5.94. The van der Waals surface area contributed by atoms with Gasteiger partial charge in [0.2, 0.25) is 0 Å². The Bertz CT molecular complexity index is 871. The van der Waals surface area contributed by atoms with E-state index < -0.39 is 0 Å². The fourth-order valence-electron chi connectivity index (χ4n) is 3.23. The van der Waals surface area contributed by atoms with Gasteiger partial charge in [0, 0.05) is 42.9 Å². The zero-order valence-corrected chi connectivity index (χ0v) is 14.0. The zero-order valence-electron chi connectivity index (χ0n) is 14.0. The van der Waals surface area contributed by atoms with Gasteiger partial charge in [0.25, 0.3) is 5.91 Å². The van der Waals surface area contributed by atoms with Crippen LogP contribution in [0.25, 0.3) is 0 Å². The number of amides is 1. The van der Waals surface area contributed by atoms with E-state index in [4.69, 9.17) is 4.74 Å². The highest BCUT2D eigenvalue weighted by Crippen LogP contribution is 2.28. The number of nitrogens with zero attached hydrogens (tertiary/aromatic N) is 3. The van der Waals surface area contributed by atoms with Crippen molar-refractivity contribution in [1.82, 2.24) is 14.5 Å². The molecule has 0 unspecified atom stereocenters. The molecule has 1 amide bonds. The average molecular weight is 333 g/mol. The van der Waals surface area contributed by atoms with Crippen LogP contribution >= 0.6 is 0 Å². The lowest BCUT2D eigenvalue weighted by Gasteiger charge is -2.35. The number of hydrogen-bond acceptors (Lipinski definition) is 3. The van der Waals surface area contributed by atoms with Crippen molar-refractivity contribution in [3.63, 3.8) is 0 Å². The van der Waals surface area contributed by atoms with Gasteiger partial charge >= 0.3 is 0 Å². The maximum atomic E-state index is 12.9. The predicted molar refractivity (Wildman–Crippen MR) is 94.6 cm³/mol. The molecule has 0 saturated heterocycles. The van der Waals surface area contributed by atoms with E-state index in [2.05, 4.69) is 28.7 Å². The molecule has 0 radical (unpaired) electrons. The van der Waals surface area contributed by atoms with Gasteiger partial charge < -0.3 is 14.2 Å². The third kappa shape index (κ3) is 3.01. The number of carbonyl (C=O) groups excluding carboxylic acids is 1. The second-order valence-corrected chi connectivity index (χ2v) is 6.11. The number of fused-ring (bicyclic) bond motifs is 1. The summed E-state index contributed by atoms with van der Waals surface area (Å²) >= 11 is 0. The van der Waals surface area contributed by atoms with Crippen LogP contribution in [-0.4, -0.2) is 26.9 Å². The SMILES string of the molecule is C[C@H]1c2cccn2CCN1C(=O)c1ccc(Oc2ccncc2)cc1. The second kappa shape index (κ2) is 6.43. The first kappa shape index (κ1) is 15.4. The smallest absolute Gasteiger partial charge is 0.254 e. The molecule has 4 rings (SSSR count). The van der Waals surface area contributed by atoms with Crippen molar-refractivity contribution in [3.05, 3.63) is 78.4 Å². The van der Waals surface area contributed by atoms with E-state index in [1.807, 2.05) is 35.2 Å². The molecule has 25 heavy (non-hydrogen) atoms. The summed E-state index contributed by atoms with van der Waals surface area (Å²) in [6.45, 7) is 3.63. The summed E-state index contributed by atoms with van der Waals surface area (Å²) in [5, 5.41) is 0. The van der Waals surface area contributed by atoms with E-state index in [1.54, 1.807) is 24.5 Å². The molecule has 0 spiro atoms. The fourth-order valence-corrected chi connectivity index (χ4v) is 3.23. The Morgan fingerprint density at radius 2 is 1.76 bits per heavy atom. The van der Waals surface area contributed by atoms with Crippen LogP contribution in [0, 0.1) is 0 Å². The third-order valence-electron chi connectivity index (χ3n) is 4.59. The van der Waals surface area contributed by atoms with Crippen LogP contribution in [0.15, 0.2) is 67.1 Å². The monoisotopic (exact) mass is 333 g/mol. The molecule has 1 aliphatic rings. The summed E-state index contributed by atoms with van der Waals surface area (Å²) in [7, 11) is 0. The van der Waals surface area contributed by atoms with Gasteiger partial charge in [0.05, 0.1) is 6.04 Å². The van der Waals surface area contributed by atoms with Crippen LogP contribution in [0.1, 0.15) is 29.0 Å². The van der Waals surface area contributed by atoms with Gasteiger partial charge in [-0.1, -0.05) is 0 Å². The van der Waals surface area contributed by atoms with Gasteiger partial charge in [-0.05, 0) is 55.5 Å². The van der Waals surface area contributed by atoms with Gasteiger partial charge in [-0.25, -0.2) is 0 Å². The maximum absolute atomic E-state index is 12.9. The number of ether oxygens (including phenoxy) is 1. The topological polar surface area (TPSA) is 47.4 Å². The first-order chi connectivity index (χ1) is 12.2. The van der Waals surface area contributed by atoms with Crippen LogP contribution in [0.4, 0.5) is 0 Å². The molecule has 0 aliphatic carbocycles. The zero-order chi connectivity index (χ0) is 17.2. The lowest BCUT2D eigenvalue weighted by molar-refractivity contribution is 0.0644. The highest BCUT2D eigenvalue weighted by atomic mass is 16.5. The third-order valence-corrected chi connectivity index (χ3v) is 4.59. The first-order valence-corrected chi connectivity index (χ1v) is 8.36.